The van der Waals surface area contributed by atoms with E-state index in [2.05, 4.69) is 10.4 Å². The third-order valence-electron chi connectivity index (χ3n) is 4.09. The molecule has 138 valence electrons. The Morgan fingerprint density at radius 1 is 1.11 bits per heavy atom. The Labute approximate surface area is 160 Å². The highest BCUT2D eigenvalue weighted by Crippen LogP contribution is 2.16. The fourth-order valence-corrected chi connectivity index (χ4v) is 2.65. The van der Waals surface area contributed by atoms with Gasteiger partial charge in [0.05, 0.1) is 5.69 Å². The highest BCUT2D eigenvalue weighted by molar-refractivity contribution is 6.30. The van der Waals surface area contributed by atoms with Crippen LogP contribution in [0.4, 0.5) is 4.39 Å². The van der Waals surface area contributed by atoms with Crippen LogP contribution in [0.1, 0.15) is 18.5 Å². The van der Waals surface area contributed by atoms with E-state index >= 15 is 0 Å². The van der Waals surface area contributed by atoms with Gasteiger partial charge in [-0.25, -0.2) is 9.07 Å². The first kappa shape index (κ1) is 18.8. The highest BCUT2D eigenvalue weighted by Gasteiger charge is 2.18. The lowest BCUT2D eigenvalue weighted by Crippen LogP contribution is -2.36. The fourth-order valence-electron chi connectivity index (χ4n) is 2.53. The molecule has 7 heteroatoms. The van der Waals surface area contributed by atoms with E-state index in [4.69, 9.17) is 11.6 Å². The Kier molecular flexibility index (Phi) is 5.66. The monoisotopic (exact) mass is 385 g/mol. The van der Waals surface area contributed by atoms with E-state index in [-0.39, 0.29) is 11.7 Å². The van der Waals surface area contributed by atoms with Crippen LogP contribution in [-0.4, -0.2) is 15.7 Å². The Hall–Kier alpha value is -2.99. The molecule has 1 N–H and O–H groups in total. The van der Waals surface area contributed by atoms with E-state index in [1.54, 1.807) is 37.3 Å². The summed E-state index contributed by atoms with van der Waals surface area (Å²) in [6.07, 6.45) is 0. The zero-order valence-electron chi connectivity index (χ0n) is 14.5. The van der Waals surface area contributed by atoms with Crippen LogP contribution in [0.15, 0.2) is 65.5 Å². The van der Waals surface area contributed by atoms with Gasteiger partial charge in [0.15, 0.2) is 0 Å². The summed E-state index contributed by atoms with van der Waals surface area (Å²) in [4.78, 5) is 24.6. The maximum absolute atomic E-state index is 13.1. The van der Waals surface area contributed by atoms with Crippen LogP contribution in [0.5, 0.6) is 0 Å². The van der Waals surface area contributed by atoms with Gasteiger partial charge in [0.25, 0.3) is 5.56 Å². The molecule has 1 unspecified atom stereocenters. The smallest absolute Gasteiger partial charge is 0.267 e. The largest absolute Gasteiger partial charge is 0.350 e. The number of hydrogen-bond acceptors (Lipinski definition) is 3. The molecule has 0 saturated carbocycles. The van der Waals surface area contributed by atoms with E-state index in [1.165, 1.54) is 18.2 Å². The van der Waals surface area contributed by atoms with Gasteiger partial charge in [-0.3, -0.25) is 9.59 Å². The fraction of sp³-hybridized carbons (Fsp3) is 0.150. The highest BCUT2D eigenvalue weighted by atomic mass is 35.5. The quantitative estimate of drug-likeness (QED) is 0.730. The summed E-state index contributed by atoms with van der Waals surface area (Å²) in [5, 5.41) is 7.66. The average Bonchev–Trinajstić information content (AvgIpc) is 2.68. The summed E-state index contributed by atoms with van der Waals surface area (Å²) in [6, 6.07) is 15.0. The lowest BCUT2D eigenvalue weighted by atomic mass is 10.1. The van der Waals surface area contributed by atoms with Crippen LogP contribution in [0.3, 0.4) is 0 Å². The molecule has 0 saturated heterocycles. The van der Waals surface area contributed by atoms with Crippen LogP contribution >= 0.6 is 11.6 Å². The summed E-state index contributed by atoms with van der Waals surface area (Å²) in [6.45, 7) is 1.91. The van der Waals surface area contributed by atoms with Gasteiger partial charge in [-0.1, -0.05) is 23.7 Å². The average molecular weight is 386 g/mol. The maximum Gasteiger partial charge on any atom is 0.267 e. The summed E-state index contributed by atoms with van der Waals surface area (Å²) < 4.78 is 14.2. The number of hydrogen-bond donors (Lipinski definition) is 1. The molecule has 0 bridgehead atoms. The van der Waals surface area contributed by atoms with Crippen molar-refractivity contribution in [1.29, 1.82) is 0 Å². The van der Waals surface area contributed by atoms with Crippen LogP contribution < -0.4 is 10.9 Å². The van der Waals surface area contributed by atoms with E-state index in [9.17, 15) is 14.0 Å². The van der Waals surface area contributed by atoms with Crippen molar-refractivity contribution in [2.45, 2.75) is 19.5 Å². The number of benzene rings is 2. The maximum atomic E-state index is 13.1. The molecule has 1 aromatic heterocycles. The van der Waals surface area contributed by atoms with Crippen molar-refractivity contribution in [2.24, 2.45) is 0 Å². The van der Waals surface area contributed by atoms with Crippen LogP contribution in [0, 0.1) is 5.82 Å². The van der Waals surface area contributed by atoms with Crippen molar-refractivity contribution >= 4 is 17.5 Å². The lowest BCUT2D eigenvalue weighted by Gasteiger charge is -2.15. The van der Waals surface area contributed by atoms with Gasteiger partial charge < -0.3 is 5.32 Å². The Morgan fingerprint density at radius 2 is 1.78 bits per heavy atom. The predicted octanol–water partition coefficient (Wildman–Crippen LogP) is 3.58. The predicted molar refractivity (Wildman–Crippen MR) is 102 cm³/mol. The summed E-state index contributed by atoms with van der Waals surface area (Å²) >= 11 is 5.84. The minimum Gasteiger partial charge on any atom is -0.350 e. The normalized spacial score (nSPS) is 11.8. The molecule has 27 heavy (non-hydrogen) atoms. The second-order valence-corrected chi connectivity index (χ2v) is 6.46. The Balaban J connectivity index is 1.76. The van der Waals surface area contributed by atoms with Gasteiger partial charge in [0, 0.05) is 23.2 Å². The Bertz CT molecular complexity index is 1000. The first-order valence-electron chi connectivity index (χ1n) is 8.32. The molecule has 0 aliphatic carbocycles. The number of nitrogens with zero attached hydrogens (tertiary/aromatic N) is 2. The number of nitrogens with one attached hydrogen (secondary N) is 1. The standard InChI is InChI=1S/C20H17ClFN3O2/c1-13(20(27)23-12-14-2-6-16(21)7-3-14)25-19(26)11-10-18(24-25)15-4-8-17(22)9-5-15/h2-11,13H,12H2,1H3,(H,23,27). The van der Waals surface area contributed by atoms with Crippen LogP contribution in [-0.2, 0) is 11.3 Å². The van der Waals surface area contributed by atoms with Crippen molar-refractivity contribution < 1.29 is 9.18 Å². The van der Waals surface area contributed by atoms with E-state index in [1.807, 2.05) is 12.1 Å². The van der Waals surface area contributed by atoms with Gasteiger partial charge in [-0.15, -0.1) is 0 Å². The van der Waals surface area contributed by atoms with Gasteiger partial charge >= 0.3 is 0 Å². The summed E-state index contributed by atoms with van der Waals surface area (Å²) in [7, 11) is 0. The van der Waals surface area contributed by atoms with E-state index in [0.717, 1.165) is 10.2 Å². The van der Waals surface area contributed by atoms with Crippen LogP contribution in [0.2, 0.25) is 5.02 Å². The number of halogens is 2. The molecule has 1 heterocycles. The topological polar surface area (TPSA) is 64.0 Å². The molecular weight excluding hydrogens is 369 g/mol. The number of carbonyl (C=O) groups excluding carboxylic acids is 1. The van der Waals surface area contributed by atoms with E-state index < -0.39 is 11.6 Å². The van der Waals surface area contributed by atoms with Crippen molar-refractivity contribution in [3.63, 3.8) is 0 Å². The molecule has 0 spiro atoms. The summed E-state index contributed by atoms with van der Waals surface area (Å²) in [5.74, 6) is -0.696. The number of amides is 1. The third-order valence-corrected chi connectivity index (χ3v) is 4.34. The summed E-state index contributed by atoms with van der Waals surface area (Å²) in [5.41, 5.74) is 1.63. The molecule has 2 aromatic carbocycles. The van der Waals surface area contributed by atoms with Gasteiger partial charge in [-0.05, 0) is 55.0 Å². The molecule has 0 fully saturated rings. The van der Waals surface area contributed by atoms with Crippen molar-refractivity contribution in [3.05, 3.63) is 87.4 Å². The zero-order valence-corrected chi connectivity index (χ0v) is 15.3. The molecule has 3 rings (SSSR count). The third kappa shape index (κ3) is 4.60. The van der Waals surface area contributed by atoms with Crippen molar-refractivity contribution in [2.75, 3.05) is 0 Å². The van der Waals surface area contributed by atoms with E-state index in [0.29, 0.717) is 22.8 Å². The molecule has 0 aliphatic heterocycles. The minimum atomic E-state index is -0.801. The van der Waals surface area contributed by atoms with Gasteiger partial charge in [-0.2, -0.15) is 5.10 Å². The van der Waals surface area contributed by atoms with Gasteiger partial charge in [0.2, 0.25) is 5.91 Å². The number of carbonyl (C=O) groups is 1. The van der Waals surface area contributed by atoms with Crippen LogP contribution in [0.25, 0.3) is 11.3 Å². The van der Waals surface area contributed by atoms with Gasteiger partial charge in [0.1, 0.15) is 11.9 Å². The first-order valence-corrected chi connectivity index (χ1v) is 8.70. The second-order valence-electron chi connectivity index (χ2n) is 6.03. The molecule has 3 aromatic rings. The SMILES string of the molecule is CC(C(=O)NCc1ccc(Cl)cc1)n1nc(-c2ccc(F)cc2)ccc1=O. The Morgan fingerprint density at radius 3 is 2.44 bits per heavy atom. The molecule has 5 nitrogen and oxygen atoms in total. The molecule has 1 atom stereocenters. The molecule has 1 amide bonds. The minimum absolute atomic E-state index is 0.312. The lowest BCUT2D eigenvalue weighted by molar-refractivity contribution is -0.124. The number of rotatable bonds is 5. The first-order chi connectivity index (χ1) is 12.9. The van der Waals surface area contributed by atoms with Crippen molar-refractivity contribution in [3.8, 4) is 11.3 Å². The molecule has 0 aliphatic rings. The molecular formula is C20H17ClFN3O2. The zero-order chi connectivity index (χ0) is 19.4. The number of aromatic nitrogens is 2. The second kappa shape index (κ2) is 8.14. The molecule has 0 radical (unpaired) electrons. The van der Waals surface area contributed by atoms with Crippen molar-refractivity contribution in [1.82, 2.24) is 15.1 Å².